The van der Waals surface area contributed by atoms with Gasteiger partial charge in [0.25, 0.3) is 5.69 Å². The van der Waals surface area contributed by atoms with E-state index in [0.29, 0.717) is 10.0 Å². The van der Waals surface area contributed by atoms with Gasteiger partial charge in [-0.3, -0.25) is 10.1 Å². The van der Waals surface area contributed by atoms with Gasteiger partial charge in [0.1, 0.15) is 4.47 Å². The van der Waals surface area contributed by atoms with Crippen LogP contribution in [0.4, 0.5) is 11.4 Å². The summed E-state index contributed by atoms with van der Waals surface area (Å²) >= 11 is 6.21. The van der Waals surface area contributed by atoms with Crippen LogP contribution in [0.5, 0.6) is 0 Å². The van der Waals surface area contributed by atoms with Crippen molar-refractivity contribution in [3.63, 3.8) is 0 Å². The topological polar surface area (TPSA) is 91.9 Å². The summed E-state index contributed by atoms with van der Waals surface area (Å²) in [5.74, 6) is 0. The summed E-state index contributed by atoms with van der Waals surface area (Å²) in [6, 6.07) is 1.53. The summed E-state index contributed by atoms with van der Waals surface area (Å²) in [5.41, 5.74) is 8.88. The molecule has 0 bridgehead atoms. The van der Waals surface area contributed by atoms with Gasteiger partial charge >= 0.3 is 0 Å². The minimum atomic E-state index is -0.526. The lowest BCUT2D eigenvalue weighted by Gasteiger charge is -2.04. The Labute approximate surface area is 101 Å². The van der Waals surface area contributed by atoms with Crippen LogP contribution in [-0.4, -0.2) is 4.92 Å². The molecule has 1 aromatic carbocycles. The number of nitro benzene ring substituents is 1. The zero-order valence-corrected chi connectivity index (χ0v) is 10.6. The second kappa shape index (κ2) is 4.61. The Morgan fingerprint density at radius 3 is 2.67 bits per heavy atom. The Hall–Kier alpha value is -1.11. The smallest absolute Gasteiger partial charge is 0.258 e. The molecule has 0 radical (unpaired) electrons. The maximum atomic E-state index is 10.7. The van der Waals surface area contributed by atoms with E-state index in [-0.39, 0.29) is 15.8 Å². The molecule has 0 fully saturated rings. The van der Waals surface area contributed by atoms with E-state index < -0.39 is 4.92 Å². The molecule has 0 aliphatic heterocycles. The van der Waals surface area contributed by atoms with Gasteiger partial charge in [-0.2, -0.15) is 0 Å². The van der Waals surface area contributed by atoms with Crippen molar-refractivity contribution in [3.05, 3.63) is 41.1 Å². The normalized spacial score (nSPS) is 9.53. The average Bonchev–Trinajstić information content (AvgIpc) is 2.11. The van der Waals surface area contributed by atoms with E-state index in [1.165, 1.54) is 6.07 Å². The zero-order valence-electron chi connectivity index (χ0n) is 7.44. The monoisotopic (exact) mass is 334 g/mol. The molecule has 0 saturated heterocycles. The summed E-state index contributed by atoms with van der Waals surface area (Å²) in [4.78, 5) is 12.8. The molecule has 0 spiro atoms. The van der Waals surface area contributed by atoms with Crippen LogP contribution in [-0.2, 0) is 0 Å². The second-order valence-electron chi connectivity index (χ2n) is 2.63. The van der Waals surface area contributed by atoms with Crippen molar-refractivity contribution >= 4 is 43.2 Å². The van der Waals surface area contributed by atoms with Gasteiger partial charge in [-0.1, -0.05) is 21.0 Å². The summed E-state index contributed by atoms with van der Waals surface area (Å²) in [7, 11) is 0. The number of nitro groups is 1. The lowest BCUT2D eigenvalue weighted by Crippen LogP contribution is -1.93. The van der Waals surface area contributed by atoms with Crippen molar-refractivity contribution in [1.29, 1.82) is 0 Å². The van der Waals surface area contributed by atoms with Crippen LogP contribution < -0.4 is 0 Å². The highest BCUT2D eigenvalue weighted by atomic mass is 79.9. The number of benzene rings is 1. The first-order chi connectivity index (χ1) is 6.99. The SMILES string of the molecule is Cc1cc(Br)c(N=[N+]=[N-])c(Br)c1[N+](=O)[O-]. The number of nitrogens with zero attached hydrogens (tertiary/aromatic N) is 4. The van der Waals surface area contributed by atoms with Gasteiger partial charge < -0.3 is 0 Å². The highest BCUT2D eigenvalue weighted by Crippen LogP contribution is 2.42. The standard InChI is InChI=1S/C7H4Br2N4O2/c1-3-2-4(8)6(11-12-10)5(9)7(3)13(14)15/h2H,1H3. The predicted molar refractivity (Wildman–Crippen MR) is 62.0 cm³/mol. The molecular formula is C7H4Br2N4O2. The van der Waals surface area contributed by atoms with Crippen molar-refractivity contribution < 1.29 is 4.92 Å². The fraction of sp³-hybridized carbons (Fsp3) is 0.143. The maximum absolute atomic E-state index is 10.7. The van der Waals surface area contributed by atoms with Gasteiger partial charge in [0.15, 0.2) is 0 Å². The van der Waals surface area contributed by atoms with E-state index in [2.05, 4.69) is 41.9 Å². The molecule has 0 N–H and O–H groups in total. The van der Waals surface area contributed by atoms with Crippen molar-refractivity contribution in [3.8, 4) is 0 Å². The molecule has 0 atom stereocenters. The maximum Gasteiger partial charge on any atom is 0.286 e. The average molecular weight is 336 g/mol. The molecule has 15 heavy (non-hydrogen) atoms. The summed E-state index contributed by atoms with van der Waals surface area (Å²) in [5, 5.41) is 14.1. The Bertz CT molecular complexity index is 456. The van der Waals surface area contributed by atoms with E-state index in [1.54, 1.807) is 6.92 Å². The number of halogens is 2. The first kappa shape index (κ1) is 12.0. The Morgan fingerprint density at radius 1 is 1.60 bits per heavy atom. The Balaban J connectivity index is 3.63. The largest absolute Gasteiger partial charge is 0.286 e. The zero-order chi connectivity index (χ0) is 11.6. The van der Waals surface area contributed by atoms with Gasteiger partial charge in [0.05, 0.1) is 10.6 Å². The minimum Gasteiger partial charge on any atom is -0.258 e. The van der Waals surface area contributed by atoms with Gasteiger partial charge in [-0.25, -0.2) is 0 Å². The highest BCUT2D eigenvalue weighted by molar-refractivity contribution is 9.11. The first-order valence-electron chi connectivity index (χ1n) is 3.67. The molecule has 0 aliphatic carbocycles. The van der Waals surface area contributed by atoms with Crippen molar-refractivity contribution in [1.82, 2.24) is 0 Å². The lowest BCUT2D eigenvalue weighted by atomic mass is 10.2. The molecule has 0 amide bonds. The number of azide groups is 1. The second-order valence-corrected chi connectivity index (χ2v) is 4.28. The quantitative estimate of drug-likeness (QED) is 0.264. The molecule has 0 heterocycles. The summed E-state index contributed by atoms with van der Waals surface area (Å²) < 4.78 is 0.687. The van der Waals surface area contributed by atoms with Crippen LogP contribution in [0.3, 0.4) is 0 Å². The molecular weight excluding hydrogens is 332 g/mol. The number of aryl methyl sites for hydroxylation is 1. The Kier molecular flexibility index (Phi) is 3.67. The van der Waals surface area contributed by atoms with Crippen molar-refractivity contribution in [2.75, 3.05) is 0 Å². The van der Waals surface area contributed by atoms with Crippen molar-refractivity contribution in [2.45, 2.75) is 6.92 Å². The fourth-order valence-electron chi connectivity index (χ4n) is 1.08. The van der Waals surface area contributed by atoms with E-state index in [4.69, 9.17) is 5.53 Å². The third-order valence-corrected chi connectivity index (χ3v) is 3.04. The molecule has 78 valence electrons. The number of hydrogen-bond acceptors (Lipinski definition) is 3. The minimum absolute atomic E-state index is 0.0967. The van der Waals surface area contributed by atoms with E-state index >= 15 is 0 Å². The molecule has 0 saturated carbocycles. The Morgan fingerprint density at radius 2 is 2.20 bits per heavy atom. The number of hydrogen-bond donors (Lipinski definition) is 0. The van der Waals surface area contributed by atoms with Crippen LogP contribution in [0.25, 0.3) is 10.4 Å². The predicted octanol–water partition coefficient (Wildman–Crippen LogP) is 4.37. The molecule has 0 aliphatic rings. The summed E-state index contributed by atoms with van der Waals surface area (Å²) in [6.07, 6.45) is 0. The van der Waals surface area contributed by atoms with E-state index in [9.17, 15) is 10.1 Å². The van der Waals surface area contributed by atoms with Crippen molar-refractivity contribution in [2.24, 2.45) is 5.11 Å². The summed E-state index contributed by atoms with van der Waals surface area (Å²) in [6.45, 7) is 1.60. The lowest BCUT2D eigenvalue weighted by molar-refractivity contribution is -0.386. The van der Waals surface area contributed by atoms with Gasteiger partial charge in [-0.15, -0.1) is 0 Å². The molecule has 8 heteroatoms. The molecule has 0 unspecified atom stereocenters. The van der Waals surface area contributed by atoms with Gasteiger partial charge in [-0.05, 0) is 34.5 Å². The van der Waals surface area contributed by atoms with Crippen LogP contribution in [0.2, 0.25) is 0 Å². The van der Waals surface area contributed by atoms with Crippen LogP contribution in [0.15, 0.2) is 20.1 Å². The van der Waals surface area contributed by atoms with Crippen LogP contribution in [0.1, 0.15) is 5.56 Å². The molecule has 0 aromatic heterocycles. The third kappa shape index (κ3) is 2.28. The third-order valence-electron chi connectivity index (χ3n) is 1.69. The van der Waals surface area contributed by atoms with Gasteiger partial charge in [0.2, 0.25) is 0 Å². The van der Waals surface area contributed by atoms with Crippen LogP contribution >= 0.6 is 31.9 Å². The first-order valence-corrected chi connectivity index (χ1v) is 5.25. The van der Waals surface area contributed by atoms with Gasteiger partial charge in [0, 0.05) is 14.9 Å². The van der Waals surface area contributed by atoms with E-state index in [0.717, 1.165) is 0 Å². The fourth-order valence-corrected chi connectivity index (χ4v) is 2.71. The molecule has 1 aromatic rings. The number of rotatable bonds is 2. The molecule has 1 rings (SSSR count). The highest BCUT2D eigenvalue weighted by Gasteiger charge is 2.20. The van der Waals surface area contributed by atoms with E-state index in [1.807, 2.05) is 0 Å². The molecule has 6 nitrogen and oxygen atoms in total. The van der Waals surface area contributed by atoms with Crippen LogP contribution in [0, 0.1) is 17.0 Å².